The maximum atomic E-state index is 12.8. The Balaban J connectivity index is 2.16. The molecule has 0 aliphatic carbocycles. The van der Waals surface area contributed by atoms with E-state index in [0.29, 0.717) is 28.1 Å². The van der Waals surface area contributed by atoms with Crippen LogP contribution in [-0.4, -0.2) is 23.3 Å². The van der Waals surface area contributed by atoms with Crippen LogP contribution in [0.25, 0.3) is 0 Å². The van der Waals surface area contributed by atoms with Gasteiger partial charge < -0.3 is 24.4 Å². The zero-order valence-corrected chi connectivity index (χ0v) is 17.0. The van der Waals surface area contributed by atoms with Gasteiger partial charge >= 0.3 is 5.97 Å². The lowest BCUT2D eigenvalue weighted by Crippen LogP contribution is -2.15. The van der Waals surface area contributed by atoms with Gasteiger partial charge in [-0.25, -0.2) is 4.79 Å². The van der Waals surface area contributed by atoms with Gasteiger partial charge in [0.2, 0.25) is 0 Å². The summed E-state index contributed by atoms with van der Waals surface area (Å²) < 4.78 is 16.7. The first-order valence-electron chi connectivity index (χ1n) is 8.99. The average Bonchev–Trinajstić information content (AvgIpc) is 2.62. The number of carbonyl (C=O) groups excluding carboxylic acids is 1. The van der Waals surface area contributed by atoms with Crippen molar-refractivity contribution in [2.24, 2.45) is 5.92 Å². The molecule has 0 radical (unpaired) electrons. The van der Waals surface area contributed by atoms with Crippen LogP contribution in [0.4, 0.5) is 0 Å². The second-order valence-electron chi connectivity index (χ2n) is 7.22. The molecule has 1 atom stereocenters. The molecule has 3 rings (SSSR count). The molecule has 28 heavy (non-hydrogen) atoms. The van der Waals surface area contributed by atoms with Gasteiger partial charge in [0, 0.05) is 5.56 Å². The van der Waals surface area contributed by atoms with Crippen LogP contribution < -0.4 is 9.47 Å². The molecule has 0 fully saturated rings. The summed E-state index contributed by atoms with van der Waals surface area (Å²) in [6.07, 6.45) is -0.305. The van der Waals surface area contributed by atoms with Crippen LogP contribution in [0.3, 0.4) is 0 Å². The lowest BCUT2D eigenvalue weighted by atomic mass is 9.96. The number of aliphatic hydroxyl groups is 1. The third kappa shape index (κ3) is 3.62. The molecular weight excluding hydrogens is 384 g/mol. The number of rotatable bonds is 4. The highest BCUT2D eigenvalue weighted by Gasteiger charge is 2.30. The van der Waals surface area contributed by atoms with E-state index in [1.54, 1.807) is 19.1 Å². The number of esters is 1. The summed E-state index contributed by atoms with van der Waals surface area (Å²) >= 11 is 6.32. The molecule has 1 aliphatic rings. The average molecular weight is 407 g/mol. The second-order valence-corrected chi connectivity index (χ2v) is 7.60. The van der Waals surface area contributed by atoms with Crippen molar-refractivity contribution >= 4 is 17.6 Å². The van der Waals surface area contributed by atoms with Crippen LogP contribution in [0.15, 0.2) is 18.2 Å². The van der Waals surface area contributed by atoms with E-state index in [2.05, 4.69) is 0 Å². The molecule has 0 saturated heterocycles. The molecule has 7 heteroatoms. The number of phenolic OH excluding ortho intramolecular Hbond substituents is 1. The lowest BCUT2D eigenvalue weighted by molar-refractivity contribution is 0.0454. The third-order valence-electron chi connectivity index (χ3n) is 4.64. The first-order valence-corrected chi connectivity index (χ1v) is 9.37. The number of ether oxygens (including phenoxy) is 3. The number of phenols is 1. The van der Waals surface area contributed by atoms with Crippen LogP contribution in [0.1, 0.15) is 53.4 Å². The molecule has 0 unspecified atom stereocenters. The molecule has 0 amide bonds. The molecule has 0 saturated carbocycles. The number of fused-ring (bicyclic) bond motifs is 2. The van der Waals surface area contributed by atoms with E-state index in [-0.39, 0.29) is 41.1 Å². The maximum absolute atomic E-state index is 12.8. The SMILES string of the molecule is COc1c([C@@H](O)CC(C)C)ccc2c1C(=O)OCc1c(Cl)c(C)cc(O)c1O2. The smallest absolute Gasteiger partial charge is 0.346 e. The van der Waals surface area contributed by atoms with Crippen molar-refractivity contribution in [3.63, 3.8) is 0 Å². The van der Waals surface area contributed by atoms with Crippen molar-refractivity contribution in [1.29, 1.82) is 0 Å². The van der Waals surface area contributed by atoms with Crippen LogP contribution in [0, 0.1) is 12.8 Å². The number of methoxy groups -OCH3 is 1. The lowest BCUT2D eigenvalue weighted by Gasteiger charge is -2.24. The monoisotopic (exact) mass is 406 g/mol. The Kier molecular flexibility index (Phi) is 5.72. The first kappa shape index (κ1) is 20.3. The number of halogens is 1. The molecule has 2 aromatic carbocycles. The maximum Gasteiger partial charge on any atom is 0.346 e. The fourth-order valence-electron chi connectivity index (χ4n) is 3.30. The van der Waals surface area contributed by atoms with E-state index in [1.807, 2.05) is 13.8 Å². The Labute approximate surface area is 168 Å². The highest BCUT2D eigenvalue weighted by molar-refractivity contribution is 6.32. The summed E-state index contributed by atoms with van der Waals surface area (Å²) in [7, 11) is 1.42. The Morgan fingerprint density at radius 1 is 1.32 bits per heavy atom. The number of hydrogen-bond donors (Lipinski definition) is 2. The van der Waals surface area contributed by atoms with Gasteiger partial charge in [-0.15, -0.1) is 0 Å². The molecule has 1 aliphatic heterocycles. The second kappa shape index (κ2) is 7.89. The van der Waals surface area contributed by atoms with Crippen molar-refractivity contribution in [3.8, 4) is 23.0 Å². The summed E-state index contributed by atoms with van der Waals surface area (Å²) in [6.45, 7) is 5.56. The van der Waals surface area contributed by atoms with Crippen molar-refractivity contribution in [1.82, 2.24) is 0 Å². The van der Waals surface area contributed by atoms with E-state index >= 15 is 0 Å². The summed E-state index contributed by atoms with van der Waals surface area (Å²) in [5.74, 6) is -0.0480. The topological polar surface area (TPSA) is 85.2 Å². The van der Waals surface area contributed by atoms with Gasteiger partial charge in [0.25, 0.3) is 0 Å². The molecule has 150 valence electrons. The Bertz CT molecular complexity index is 922. The third-order valence-corrected chi connectivity index (χ3v) is 5.17. The van der Waals surface area contributed by atoms with E-state index in [4.69, 9.17) is 25.8 Å². The fraction of sp³-hybridized carbons (Fsp3) is 0.381. The number of aryl methyl sites for hydroxylation is 1. The Morgan fingerprint density at radius 2 is 2.04 bits per heavy atom. The number of hydrogen-bond acceptors (Lipinski definition) is 6. The molecule has 0 aromatic heterocycles. The van der Waals surface area contributed by atoms with Gasteiger partial charge in [0.15, 0.2) is 11.5 Å². The molecule has 0 spiro atoms. The van der Waals surface area contributed by atoms with Crippen molar-refractivity contribution in [2.45, 2.75) is 39.9 Å². The number of aliphatic hydroxyl groups excluding tert-OH is 1. The summed E-state index contributed by atoms with van der Waals surface area (Å²) in [4.78, 5) is 12.8. The minimum Gasteiger partial charge on any atom is -0.504 e. The summed E-state index contributed by atoms with van der Waals surface area (Å²) in [5, 5.41) is 21.3. The van der Waals surface area contributed by atoms with Crippen molar-refractivity contribution in [3.05, 3.63) is 45.5 Å². The van der Waals surface area contributed by atoms with Gasteiger partial charge in [-0.1, -0.05) is 25.4 Å². The number of benzene rings is 2. The number of carbonyl (C=O) groups is 1. The van der Waals surface area contributed by atoms with Crippen molar-refractivity contribution < 1.29 is 29.2 Å². The predicted molar refractivity (Wildman–Crippen MR) is 104 cm³/mol. The van der Waals surface area contributed by atoms with Crippen LogP contribution in [-0.2, 0) is 11.3 Å². The highest BCUT2D eigenvalue weighted by atomic mass is 35.5. The van der Waals surface area contributed by atoms with Gasteiger partial charge in [-0.05, 0) is 43.0 Å². The van der Waals surface area contributed by atoms with E-state index in [9.17, 15) is 15.0 Å². The number of aromatic hydroxyl groups is 1. The predicted octanol–water partition coefficient (Wildman–Crippen LogP) is 4.90. The summed E-state index contributed by atoms with van der Waals surface area (Å²) in [5.41, 5.74) is 1.57. The van der Waals surface area contributed by atoms with Gasteiger partial charge in [0.1, 0.15) is 23.7 Å². The zero-order chi connectivity index (χ0) is 20.6. The minimum atomic E-state index is -0.809. The van der Waals surface area contributed by atoms with Gasteiger partial charge in [0.05, 0.1) is 23.8 Å². The molecular formula is C21H23ClO6. The van der Waals surface area contributed by atoms with Crippen LogP contribution in [0.2, 0.25) is 5.02 Å². The molecule has 2 aromatic rings. The Morgan fingerprint density at radius 3 is 2.68 bits per heavy atom. The standard InChI is InChI=1S/C21H23ClO6/c1-10(2)7-14(23)12-5-6-16-17(20(12)26-4)21(25)27-9-13-18(22)11(3)8-15(24)19(13)28-16/h5-6,8,10,14,23-24H,7,9H2,1-4H3/t14-/m0/s1. The van der Waals surface area contributed by atoms with Crippen molar-refractivity contribution in [2.75, 3.05) is 7.11 Å². The quantitative estimate of drug-likeness (QED) is 0.702. The Hall–Kier alpha value is -2.44. The van der Waals surface area contributed by atoms with Crippen LogP contribution in [0.5, 0.6) is 23.0 Å². The fourth-order valence-corrected chi connectivity index (χ4v) is 3.50. The highest BCUT2D eigenvalue weighted by Crippen LogP contribution is 2.46. The van der Waals surface area contributed by atoms with E-state index in [1.165, 1.54) is 13.2 Å². The summed E-state index contributed by atoms with van der Waals surface area (Å²) in [6, 6.07) is 4.69. The van der Waals surface area contributed by atoms with Gasteiger partial charge in [-0.2, -0.15) is 0 Å². The molecule has 2 N–H and O–H groups in total. The molecule has 1 heterocycles. The van der Waals surface area contributed by atoms with Crippen LogP contribution >= 0.6 is 11.6 Å². The molecule has 6 nitrogen and oxygen atoms in total. The molecule has 0 bridgehead atoms. The van der Waals surface area contributed by atoms with E-state index in [0.717, 1.165) is 0 Å². The number of cyclic esters (lactones) is 1. The van der Waals surface area contributed by atoms with Gasteiger partial charge in [-0.3, -0.25) is 0 Å². The largest absolute Gasteiger partial charge is 0.504 e. The first-order chi connectivity index (χ1) is 13.2. The minimum absolute atomic E-state index is 0.0598. The normalized spacial score (nSPS) is 14.3. The zero-order valence-electron chi connectivity index (χ0n) is 16.2. The van der Waals surface area contributed by atoms with E-state index < -0.39 is 12.1 Å².